The van der Waals surface area contributed by atoms with Gasteiger partial charge in [-0.15, -0.1) is 0 Å². The standard InChI is InChI=1S/C14H9FO3/c1-8-11(4-5-17-8)14(16)13-7-9-6-10(15)2-3-12(9)18-13/h2-7H,1H3. The number of carbonyl (C=O) groups is 1. The molecule has 90 valence electrons. The van der Waals surface area contributed by atoms with Crippen LogP contribution in [0.2, 0.25) is 0 Å². The maximum atomic E-state index is 13.0. The third kappa shape index (κ3) is 1.62. The van der Waals surface area contributed by atoms with E-state index < -0.39 is 0 Å². The van der Waals surface area contributed by atoms with Gasteiger partial charge in [0.05, 0.1) is 11.8 Å². The number of ketones is 1. The Morgan fingerprint density at radius 1 is 1.22 bits per heavy atom. The lowest BCUT2D eigenvalue weighted by atomic mass is 10.1. The molecule has 0 radical (unpaired) electrons. The molecule has 0 fully saturated rings. The summed E-state index contributed by atoms with van der Waals surface area (Å²) in [5, 5.41) is 0.569. The van der Waals surface area contributed by atoms with Crippen LogP contribution >= 0.6 is 0 Å². The van der Waals surface area contributed by atoms with Crippen molar-refractivity contribution < 1.29 is 18.0 Å². The number of hydrogen-bond donors (Lipinski definition) is 0. The number of fused-ring (bicyclic) bond motifs is 1. The van der Waals surface area contributed by atoms with Crippen LogP contribution in [0.3, 0.4) is 0 Å². The van der Waals surface area contributed by atoms with Gasteiger partial charge in [0.25, 0.3) is 0 Å². The van der Waals surface area contributed by atoms with E-state index in [9.17, 15) is 9.18 Å². The summed E-state index contributed by atoms with van der Waals surface area (Å²) in [5.74, 6) is 0.0892. The maximum Gasteiger partial charge on any atom is 0.231 e. The first-order chi connectivity index (χ1) is 8.65. The van der Waals surface area contributed by atoms with Crippen molar-refractivity contribution in [3.8, 4) is 0 Å². The van der Waals surface area contributed by atoms with Gasteiger partial charge in [0.15, 0.2) is 5.76 Å². The number of rotatable bonds is 2. The molecule has 0 N–H and O–H groups in total. The van der Waals surface area contributed by atoms with E-state index in [2.05, 4.69) is 0 Å². The molecule has 2 heterocycles. The van der Waals surface area contributed by atoms with Gasteiger partial charge in [-0.05, 0) is 37.3 Å². The van der Waals surface area contributed by atoms with Crippen LogP contribution in [-0.4, -0.2) is 5.78 Å². The van der Waals surface area contributed by atoms with E-state index in [-0.39, 0.29) is 17.4 Å². The minimum atomic E-state index is -0.359. The van der Waals surface area contributed by atoms with Crippen LogP contribution in [0, 0.1) is 12.7 Å². The second-order valence-corrected chi connectivity index (χ2v) is 4.01. The molecule has 2 aromatic heterocycles. The molecule has 0 bridgehead atoms. The predicted octanol–water partition coefficient (Wildman–Crippen LogP) is 3.70. The fourth-order valence-electron chi connectivity index (χ4n) is 1.88. The molecule has 0 aliphatic carbocycles. The van der Waals surface area contributed by atoms with Crippen molar-refractivity contribution >= 4 is 16.8 Å². The van der Waals surface area contributed by atoms with Crippen LogP contribution in [-0.2, 0) is 0 Å². The van der Waals surface area contributed by atoms with Crippen LogP contribution in [0.1, 0.15) is 21.9 Å². The molecule has 0 amide bonds. The Labute approximate surface area is 102 Å². The zero-order chi connectivity index (χ0) is 12.7. The summed E-state index contributed by atoms with van der Waals surface area (Å²) in [4.78, 5) is 12.1. The topological polar surface area (TPSA) is 43.4 Å². The van der Waals surface area contributed by atoms with Crippen LogP contribution in [0.15, 0.2) is 45.4 Å². The Morgan fingerprint density at radius 3 is 2.78 bits per heavy atom. The van der Waals surface area contributed by atoms with Crippen LogP contribution in [0.4, 0.5) is 4.39 Å². The van der Waals surface area contributed by atoms with Gasteiger partial charge in [0.1, 0.15) is 17.2 Å². The Morgan fingerprint density at radius 2 is 2.06 bits per heavy atom. The molecule has 1 aromatic carbocycles. The SMILES string of the molecule is Cc1occc1C(=O)c1cc2cc(F)ccc2o1. The quantitative estimate of drug-likeness (QED) is 0.645. The Hall–Kier alpha value is -2.36. The highest BCUT2D eigenvalue weighted by molar-refractivity contribution is 6.09. The van der Waals surface area contributed by atoms with Crippen molar-refractivity contribution in [2.45, 2.75) is 6.92 Å². The van der Waals surface area contributed by atoms with Crippen molar-refractivity contribution in [3.63, 3.8) is 0 Å². The molecule has 4 heteroatoms. The second-order valence-electron chi connectivity index (χ2n) is 4.01. The summed E-state index contributed by atoms with van der Waals surface area (Å²) in [6, 6.07) is 7.25. The average molecular weight is 244 g/mol. The summed E-state index contributed by atoms with van der Waals surface area (Å²) in [7, 11) is 0. The number of hydrogen-bond acceptors (Lipinski definition) is 3. The molecule has 0 atom stereocenters. The van der Waals surface area contributed by atoms with E-state index in [0.29, 0.717) is 22.3 Å². The summed E-state index contributed by atoms with van der Waals surface area (Å²) < 4.78 is 23.5. The van der Waals surface area contributed by atoms with Gasteiger partial charge in [0, 0.05) is 5.39 Å². The molecule has 0 aliphatic heterocycles. The maximum absolute atomic E-state index is 13.0. The summed E-state index contributed by atoms with van der Waals surface area (Å²) in [5.41, 5.74) is 0.940. The molecule has 3 aromatic rings. The van der Waals surface area contributed by atoms with Crippen molar-refractivity contribution in [3.05, 3.63) is 59.5 Å². The molecule has 0 saturated carbocycles. The van der Waals surface area contributed by atoms with Gasteiger partial charge in [-0.25, -0.2) is 4.39 Å². The Bertz CT molecular complexity index is 736. The van der Waals surface area contributed by atoms with E-state index in [0.717, 1.165) is 0 Å². The number of benzene rings is 1. The molecular weight excluding hydrogens is 235 g/mol. The molecule has 0 aliphatic rings. The van der Waals surface area contributed by atoms with Crippen LogP contribution in [0.5, 0.6) is 0 Å². The Kier molecular flexibility index (Phi) is 2.30. The lowest BCUT2D eigenvalue weighted by molar-refractivity contribution is 0.101. The second kappa shape index (κ2) is 3.84. The third-order valence-corrected chi connectivity index (χ3v) is 2.81. The molecule has 3 nitrogen and oxygen atoms in total. The summed E-state index contributed by atoms with van der Waals surface area (Å²) in [6.45, 7) is 1.70. The zero-order valence-corrected chi connectivity index (χ0v) is 9.57. The smallest absolute Gasteiger partial charge is 0.231 e. The van der Waals surface area contributed by atoms with Crippen molar-refractivity contribution in [2.24, 2.45) is 0 Å². The van der Waals surface area contributed by atoms with Gasteiger partial charge in [-0.3, -0.25) is 4.79 Å². The first kappa shape index (κ1) is 10.8. The van der Waals surface area contributed by atoms with Gasteiger partial charge in [-0.1, -0.05) is 0 Å². The molecular formula is C14H9FO3. The Balaban J connectivity index is 2.10. The normalized spacial score (nSPS) is 11.0. The highest BCUT2D eigenvalue weighted by atomic mass is 19.1. The minimum Gasteiger partial charge on any atom is -0.469 e. The van der Waals surface area contributed by atoms with Crippen molar-refractivity contribution in [2.75, 3.05) is 0 Å². The average Bonchev–Trinajstić information content (AvgIpc) is 2.93. The molecule has 0 unspecified atom stereocenters. The number of carbonyl (C=O) groups excluding carboxylic acids is 1. The van der Waals surface area contributed by atoms with Crippen LogP contribution < -0.4 is 0 Å². The molecule has 0 saturated heterocycles. The van der Waals surface area contributed by atoms with Crippen LogP contribution in [0.25, 0.3) is 11.0 Å². The molecule has 3 rings (SSSR count). The third-order valence-electron chi connectivity index (χ3n) is 2.81. The number of aryl methyl sites for hydroxylation is 1. The highest BCUT2D eigenvalue weighted by Gasteiger charge is 2.18. The van der Waals surface area contributed by atoms with Gasteiger partial charge in [0.2, 0.25) is 5.78 Å². The summed E-state index contributed by atoms with van der Waals surface area (Å²) in [6.07, 6.45) is 1.45. The van der Waals surface area contributed by atoms with E-state index in [1.165, 1.54) is 30.5 Å². The van der Waals surface area contributed by atoms with Gasteiger partial charge in [-0.2, -0.15) is 0 Å². The minimum absolute atomic E-state index is 0.181. The number of halogens is 1. The monoisotopic (exact) mass is 244 g/mol. The first-order valence-electron chi connectivity index (χ1n) is 5.43. The number of furan rings is 2. The fourth-order valence-corrected chi connectivity index (χ4v) is 1.88. The van der Waals surface area contributed by atoms with E-state index in [1.807, 2.05) is 0 Å². The largest absolute Gasteiger partial charge is 0.469 e. The van der Waals surface area contributed by atoms with E-state index in [4.69, 9.17) is 8.83 Å². The zero-order valence-electron chi connectivity index (χ0n) is 9.57. The lowest BCUT2D eigenvalue weighted by Crippen LogP contribution is -1.99. The van der Waals surface area contributed by atoms with Gasteiger partial charge >= 0.3 is 0 Å². The first-order valence-corrected chi connectivity index (χ1v) is 5.43. The van der Waals surface area contributed by atoms with Gasteiger partial charge < -0.3 is 8.83 Å². The van der Waals surface area contributed by atoms with E-state index in [1.54, 1.807) is 13.0 Å². The fraction of sp³-hybridized carbons (Fsp3) is 0.0714. The lowest BCUT2D eigenvalue weighted by Gasteiger charge is -1.93. The molecule has 18 heavy (non-hydrogen) atoms. The van der Waals surface area contributed by atoms with E-state index >= 15 is 0 Å². The summed E-state index contributed by atoms with van der Waals surface area (Å²) >= 11 is 0. The highest BCUT2D eigenvalue weighted by Crippen LogP contribution is 2.23. The molecule has 0 spiro atoms. The van der Waals surface area contributed by atoms with Crippen molar-refractivity contribution in [1.82, 2.24) is 0 Å². The predicted molar refractivity (Wildman–Crippen MR) is 63.0 cm³/mol. The van der Waals surface area contributed by atoms with Crippen molar-refractivity contribution in [1.29, 1.82) is 0 Å².